The molecule has 3 rings (SSSR count). The van der Waals surface area contributed by atoms with E-state index in [9.17, 15) is 0 Å². The lowest BCUT2D eigenvalue weighted by Gasteiger charge is -2.36. The molecule has 5 heteroatoms. The van der Waals surface area contributed by atoms with Crippen molar-refractivity contribution in [2.24, 2.45) is 11.8 Å². The second kappa shape index (κ2) is 5.84. The lowest BCUT2D eigenvalue weighted by Crippen LogP contribution is -2.38. The molecule has 0 aromatic carbocycles. The van der Waals surface area contributed by atoms with Gasteiger partial charge in [0.1, 0.15) is 5.02 Å². The van der Waals surface area contributed by atoms with Gasteiger partial charge in [-0.1, -0.05) is 37.3 Å². The van der Waals surface area contributed by atoms with E-state index in [4.69, 9.17) is 23.2 Å². The highest BCUT2D eigenvalue weighted by atomic mass is 35.5. The lowest BCUT2D eigenvalue weighted by atomic mass is 9.84. The second-order valence-corrected chi connectivity index (χ2v) is 6.45. The van der Waals surface area contributed by atoms with Crippen LogP contribution < -0.4 is 4.90 Å². The quantitative estimate of drug-likeness (QED) is 0.767. The third-order valence-corrected chi connectivity index (χ3v) is 4.97. The Morgan fingerprint density at radius 2 is 1.79 bits per heavy atom. The van der Waals surface area contributed by atoms with Gasteiger partial charge in [0.05, 0.1) is 6.20 Å². The Hall–Kier alpha value is -0.540. The van der Waals surface area contributed by atoms with Crippen LogP contribution in [0.25, 0.3) is 0 Å². The summed E-state index contributed by atoms with van der Waals surface area (Å²) in [5.41, 5.74) is 0. The number of hydrogen-bond donors (Lipinski definition) is 0. The van der Waals surface area contributed by atoms with Crippen molar-refractivity contribution in [1.29, 1.82) is 0 Å². The molecule has 1 aromatic rings. The van der Waals surface area contributed by atoms with E-state index in [0.29, 0.717) is 5.02 Å². The molecule has 1 aromatic heterocycles. The molecule has 1 aliphatic heterocycles. The minimum absolute atomic E-state index is 0.280. The van der Waals surface area contributed by atoms with Crippen molar-refractivity contribution in [2.75, 3.05) is 18.0 Å². The van der Waals surface area contributed by atoms with Crippen molar-refractivity contribution in [3.05, 3.63) is 16.5 Å². The highest BCUT2D eigenvalue weighted by molar-refractivity contribution is 6.33. The van der Waals surface area contributed by atoms with Crippen LogP contribution in [0.4, 0.5) is 5.82 Å². The third-order valence-electron chi connectivity index (χ3n) is 4.52. The molecule has 2 aliphatic rings. The molecule has 2 heterocycles. The monoisotopic (exact) mass is 299 g/mol. The highest BCUT2D eigenvalue weighted by Crippen LogP contribution is 2.37. The van der Waals surface area contributed by atoms with Crippen molar-refractivity contribution >= 4 is 29.0 Å². The van der Waals surface area contributed by atoms with Crippen LogP contribution in [0.3, 0.4) is 0 Å². The lowest BCUT2D eigenvalue weighted by molar-refractivity contribution is 0.288. The Kier molecular flexibility index (Phi) is 4.13. The van der Waals surface area contributed by atoms with E-state index in [-0.39, 0.29) is 5.28 Å². The van der Waals surface area contributed by atoms with Gasteiger partial charge in [-0.3, -0.25) is 0 Å². The van der Waals surface area contributed by atoms with Gasteiger partial charge in [-0.25, -0.2) is 4.98 Å². The first-order valence-corrected chi connectivity index (χ1v) is 7.92. The Bertz CT molecular complexity index is 446. The predicted octanol–water partition coefficient (Wildman–Crippen LogP) is 4.19. The van der Waals surface area contributed by atoms with Crippen molar-refractivity contribution in [3.63, 3.8) is 0 Å². The summed E-state index contributed by atoms with van der Waals surface area (Å²) in [6.45, 7) is 2.09. The molecular weight excluding hydrogens is 281 g/mol. The van der Waals surface area contributed by atoms with Gasteiger partial charge in [-0.2, -0.15) is 4.98 Å². The molecular formula is C14H19Cl2N3. The normalized spacial score (nSPS) is 24.9. The van der Waals surface area contributed by atoms with Crippen LogP contribution in [0, 0.1) is 11.8 Å². The zero-order chi connectivity index (χ0) is 13.2. The van der Waals surface area contributed by atoms with E-state index >= 15 is 0 Å². The molecule has 0 amide bonds. The van der Waals surface area contributed by atoms with E-state index in [1.807, 2.05) is 0 Å². The van der Waals surface area contributed by atoms with Gasteiger partial charge in [-0.05, 0) is 36.3 Å². The molecule has 0 bridgehead atoms. The maximum atomic E-state index is 6.21. The predicted molar refractivity (Wildman–Crippen MR) is 78.9 cm³/mol. The third kappa shape index (κ3) is 2.97. The number of rotatable bonds is 2. The summed E-state index contributed by atoms with van der Waals surface area (Å²) >= 11 is 12.1. The topological polar surface area (TPSA) is 29.0 Å². The molecule has 1 aliphatic carbocycles. The molecule has 3 nitrogen and oxygen atoms in total. The number of piperidine rings is 1. The number of anilines is 1. The van der Waals surface area contributed by atoms with Crippen molar-refractivity contribution in [1.82, 2.24) is 9.97 Å². The minimum Gasteiger partial charge on any atom is -0.355 e. The Balaban J connectivity index is 1.75. The molecule has 2 fully saturated rings. The average molecular weight is 300 g/mol. The maximum absolute atomic E-state index is 6.21. The summed E-state index contributed by atoms with van der Waals surface area (Å²) in [4.78, 5) is 10.5. The summed E-state index contributed by atoms with van der Waals surface area (Å²) < 4.78 is 0. The fourth-order valence-corrected chi connectivity index (χ4v) is 3.91. The number of hydrogen-bond acceptors (Lipinski definition) is 3. The first kappa shape index (κ1) is 13.4. The standard InChI is InChI=1S/C14H19Cl2N3/c15-12-8-17-14(16)18-13(12)19-7-3-6-11(9-19)10-4-1-2-5-10/h8,10-11H,1-7,9H2. The van der Waals surface area contributed by atoms with Crippen molar-refractivity contribution in [2.45, 2.75) is 38.5 Å². The maximum Gasteiger partial charge on any atom is 0.224 e. The van der Waals surface area contributed by atoms with Crippen LogP contribution in [-0.2, 0) is 0 Å². The van der Waals surface area contributed by atoms with Crippen LogP contribution in [0.5, 0.6) is 0 Å². The molecule has 0 radical (unpaired) electrons. The largest absolute Gasteiger partial charge is 0.355 e. The van der Waals surface area contributed by atoms with E-state index in [2.05, 4.69) is 14.9 Å². The van der Waals surface area contributed by atoms with Gasteiger partial charge < -0.3 is 4.90 Å². The molecule has 0 spiro atoms. The van der Waals surface area contributed by atoms with E-state index in [1.165, 1.54) is 38.5 Å². The molecule has 1 saturated heterocycles. The molecule has 19 heavy (non-hydrogen) atoms. The van der Waals surface area contributed by atoms with Crippen LogP contribution in [0.15, 0.2) is 6.20 Å². The smallest absolute Gasteiger partial charge is 0.224 e. The molecule has 0 N–H and O–H groups in total. The van der Waals surface area contributed by atoms with E-state index < -0.39 is 0 Å². The summed E-state index contributed by atoms with van der Waals surface area (Å²) in [6.07, 6.45) is 9.78. The van der Waals surface area contributed by atoms with Crippen molar-refractivity contribution in [3.8, 4) is 0 Å². The minimum atomic E-state index is 0.280. The average Bonchev–Trinajstić information content (AvgIpc) is 2.96. The number of nitrogens with zero attached hydrogens (tertiary/aromatic N) is 3. The Morgan fingerprint density at radius 3 is 2.58 bits per heavy atom. The highest BCUT2D eigenvalue weighted by Gasteiger charge is 2.30. The van der Waals surface area contributed by atoms with Gasteiger partial charge in [0.15, 0.2) is 5.82 Å². The van der Waals surface area contributed by atoms with Crippen LogP contribution in [0.2, 0.25) is 10.3 Å². The first-order valence-electron chi connectivity index (χ1n) is 7.17. The Morgan fingerprint density at radius 1 is 1.05 bits per heavy atom. The molecule has 1 saturated carbocycles. The van der Waals surface area contributed by atoms with E-state index in [1.54, 1.807) is 6.20 Å². The molecule has 1 unspecified atom stereocenters. The van der Waals surface area contributed by atoms with Gasteiger partial charge in [-0.15, -0.1) is 0 Å². The zero-order valence-electron chi connectivity index (χ0n) is 11.0. The fraction of sp³-hybridized carbons (Fsp3) is 0.714. The summed E-state index contributed by atoms with van der Waals surface area (Å²) in [5.74, 6) is 2.50. The SMILES string of the molecule is Clc1ncc(Cl)c(N2CCCC(C3CCCC3)C2)n1. The first-order chi connectivity index (χ1) is 9.24. The molecule has 1 atom stereocenters. The van der Waals surface area contributed by atoms with Gasteiger partial charge >= 0.3 is 0 Å². The number of aromatic nitrogens is 2. The molecule has 104 valence electrons. The second-order valence-electron chi connectivity index (χ2n) is 5.70. The van der Waals surface area contributed by atoms with Gasteiger partial charge in [0.2, 0.25) is 5.28 Å². The fourth-order valence-electron chi connectivity index (χ4n) is 3.58. The summed E-state index contributed by atoms with van der Waals surface area (Å²) in [7, 11) is 0. The summed E-state index contributed by atoms with van der Waals surface area (Å²) in [6, 6.07) is 0. The number of halogens is 2. The van der Waals surface area contributed by atoms with Crippen LogP contribution in [0.1, 0.15) is 38.5 Å². The Labute approximate surface area is 124 Å². The van der Waals surface area contributed by atoms with Crippen molar-refractivity contribution < 1.29 is 0 Å². The van der Waals surface area contributed by atoms with Gasteiger partial charge in [0.25, 0.3) is 0 Å². The summed E-state index contributed by atoms with van der Waals surface area (Å²) in [5, 5.41) is 0.888. The van der Waals surface area contributed by atoms with E-state index in [0.717, 1.165) is 30.7 Å². The van der Waals surface area contributed by atoms with Crippen LogP contribution >= 0.6 is 23.2 Å². The zero-order valence-corrected chi connectivity index (χ0v) is 12.5. The van der Waals surface area contributed by atoms with Crippen LogP contribution in [-0.4, -0.2) is 23.1 Å². The van der Waals surface area contributed by atoms with Gasteiger partial charge in [0, 0.05) is 13.1 Å².